The van der Waals surface area contributed by atoms with Crippen LogP contribution in [0.3, 0.4) is 0 Å². The van der Waals surface area contributed by atoms with Crippen LogP contribution in [0.1, 0.15) is 39.0 Å². The standard InChI is InChI=1S/C23H24BrN5OS/c1-5-28-21(15-6-8-16(9-7-15)23(2,3)4)26-27-22(28)31-14-18-12-20(30)29-13-17(24)10-11-19(29)25-18/h6-13H,5,14H2,1-4H3. The molecule has 0 spiro atoms. The molecule has 1 aromatic carbocycles. The van der Waals surface area contributed by atoms with E-state index in [-0.39, 0.29) is 11.0 Å². The molecule has 4 rings (SSSR count). The van der Waals surface area contributed by atoms with Crippen LogP contribution < -0.4 is 5.56 Å². The Kier molecular flexibility index (Phi) is 6.03. The average Bonchev–Trinajstić information content (AvgIpc) is 3.15. The Morgan fingerprint density at radius 3 is 2.48 bits per heavy atom. The van der Waals surface area contributed by atoms with Gasteiger partial charge in [-0.05, 0) is 46.0 Å². The maximum atomic E-state index is 12.4. The molecule has 0 radical (unpaired) electrons. The van der Waals surface area contributed by atoms with Crippen molar-refractivity contribution in [1.82, 2.24) is 24.1 Å². The van der Waals surface area contributed by atoms with Gasteiger partial charge in [-0.2, -0.15) is 0 Å². The van der Waals surface area contributed by atoms with E-state index in [2.05, 4.69) is 87.6 Å². The lowest BCUT2D eigenvalue weighted by Crippen LogP contribution is -2.15. The van der Waals surface area contributed by atoms with Gasteiger partial charge in [0.15, 0.2) is 11.0 Å². The molecule has 160 valence electrons. The molecule has 0 bridgehead atoms. The molecule has 0 saturated carbocycles. The van der Waals surface area contributed by atoms with Crippen LogP contribution in [0.2, 0.25) is 0 Å². The molecule has 3 aromatic heterocycles. The second kappa shape index (κ2) is 8.59. The highest BCUT2D eigenvalue weighted by molar-refractivity contribution is 9.10. The molecule has 3 heterocycles. The van der Waals surface area contributed by atoms with Gasteiger partial charge in [-0.25, -0.2) is 4.98 Å². The third-order valence-corrected chi connectivity index (χ3v) is 6.54. The molecular formula is C23H24BrN5OS. The number of hydrogen-bond donors (Lipinski definition) is 0. The smallest absolute Gasteiger partial charge is 0.258 e. The Hall–Kier alpha value is -2.45. The molecule has 0 aliphatic heterocycles. The van der Waals surface area contributed by atoms with Crippen LogP contribution in [0.5, 0.6) is 0 Å². The first-order chi connectivity index (χ1) is 14.8. The first-order valence-corrected chi connectivity index (χ1v) is 11.9. The van der Waals surface area contributed by atoms with Crippen molar-refractivity contribution in [3.8, 4) is 11.4 Å². The summed E-state index contributed by atoms with van der Waals surface area (Å²) < 4.78 is 4.47. The van der Waals surface area contributed by atoms with Gasteiger partial charge >= 0.3 is 0 Å². The van der Waals surface area contributed by atoms with E-state index in [9.17, 15) is 4.79 Å². The van der Waals surface area contributed by atoms with Gasteiger partial charge in [-0.3, -0.25) is 9.20 Å². The summed E-state index contributed by atoms with van der Waals surface area (Å²) in [5, 5.41) is 9.66. The average molecular weight is 498 g/mol. The number of nitrogens with zero attached hydrogens (tertiary/aromatic N) is 5. The van der Waals surface area contributed by atoms with Crippen molar-refractivity contribution < 1.29 is 0 Å². The number of benzene rings is 1. The molecule has 0 amide bonds. The lowest BCUT2D eigenvalue weighted by molar-refractivity contribution is 0.590. The number of fused-ring (bicyclic) bond motifs is 1. The number of thioether (sulfide) groups is 1. The minimum atomic E-state index is -0.0986. The fraction of sp³-hybridized carbons (Fsp3) is 0.304. The normalized spacial score (nSPS) is 11.9. The summed E-state index contributed by atoms with van der Waals surface area (Å²) in [5.74, 6) is 1.39. The highest BCUT2D eigenvalue weighted by Crippen LogP contribution is 2.28. The predicted molar refractivity (Wildman–Crippen MR) is 129 cm³/mol. The summed E-state index contributed by atoms with van der Waals surface area (Å²) >= 11 is 4.93. The maximum Gasteiger partial charge on any atom is 0.258 e. The van der Waals surface area contributed by atoms with E-state index in [0.717, 1.165) is 33.3 Å². The summed E-state index contributed by atoms with van der Waals surface area (Å²) in [6.45, 7) is 9.46. The summed E-state index contributed by atoms with van der Waals surface area (Å²) in [6, 6.07) is 13.8. The Labute approximate surface area is 193 Å². The van der Waals surface area contributed by atoms with Crippen LogP contribution >= 0.6 is 27.7 Å². The zero-order valence-electron chi connectivity index (χ0n) is 18.0. The number of hydrogen-bond acceptors (Lipinski definition) is 5. The molecule has 4 aromatic rings. The van der Waals surface area contributed by atoms with E-state index in [0.29, 0.717) is 11.4 Å². The Morgan fingerprint density at radius 2 is 1.81 bits per heavy atom. The third-order valence-electron chi connectivity index (χ3n) is 5.07. The second-order valence-corrected chi connectivity index (χ2v) is 10.2. The van der Waals surface area contributed by atoms with Crippen LogP contribution in [0.15, 0.2) is 63.1 Å². The molecule has 0 aliphatic carbocycles. The van der Waals surface area contributed by atoms with Crippen molar-refractivity contribution in [3.63, 3.8) is 0 Å². The van der Waals surface area contributed by atoms with Gasteiger partial charge in [-0.1, -0.05) is 56.8 Å². The largest absolute Gasteiger partial charge is 0.302 e. The van der Waals surface area contributed by atoms with Crippen molar-refractivity contribution in [3.05, 3.63) is 74.7 Å². The van der Waals surface area contributed by atoms with Crippen LogP contribution in [-0.2, 0) is 17.7 Å². The van der Waals surface area contributed by atoms with Gasteiger partial charge in [0, 0.05) is 34.6 Å². The van der Waals surface area contributed by atoms with Gasteiger partial charge in [0.1, 0.15) is 5.65 Å². The van der Waals surface area contributed by atoms with E-state index in [1.165, 1.54) is 21.7 Å². The Balaban J connectivity index is 1.58. The van der Waals surface area contributed by atoms with Crippen LogP contribution in [0, 0.1) is 0 Å². The lowest BCUT2D eigenvalue weighted by atomic mass is 9.87. The van der Waals surface area contributed by atoms with E-state index in [1.54, 1.807) is 12.3 Å². The first kappa shape index (κ1) is 21.8. The zero-order chi connectivity index (χ0) is 22.2. The third kappa shape index (κ3) is 4.60. The molecule has 6 nitrogen and oxygen atoms in total. The number of rotatable bonds is 5. The first-order valence-electron chi connectivity index (χ1n) is 10.1. The van der Waals surface area contributed by atoms with Crippen LogP contribution in [0.4, 0.5) is 0 Å². The zero-order valence-corrected chi connectivity index (χ0v) is 20.4. The molecule has 0 saturated heterocycles. The highest BCUT2D eigenvalue weighted by atomic mass is 79.9. The topological polar surface area (TPSA) is 65.1 Å². The molecule has 0 aliphatic rings. The molecular weight excluding hydrogens is 474 g/mol. The molecule has 0 N–H and O–H groups in total. The Morgan fingerprint density at radius 1 is 1.06 bits per heavy atom. The van der Waals surface area contributed by atoms with Crippen molar-refractivity contribution in [2.45, 2.75) is 50.6 Å². The summed E-state index contributed by atoms with van der Waals surface area (Å²) in [4.78, 5) is 17.0. The van der Waals surface area contributed by atoms with Gasteiger partial charge in [-0.15, -0.1) is 10.2 Å². The summed E-state index contributed by atoms with van der Waals surface area (Å²) in [6.07, 6.45) is 1.73. The van der Waals surface area contributed by atoms with Crippen LogP contribution in [0.25, 0.3) is 17.0 Å². The van der Waals surface area contributed by atoms with Gasteiger partial charge < -0.3 is 4.57 Å². The van der Waals surface area contributed by atoms with Crippen LogP contribution in [-0.4, -0.2) is 24.1 Å². The SMILES string of the molecule is CCn1c(SCc2cc(=O)n3cc(Br)ccc3n2)nnc1-c1ccc(C(C)(C)C)cc1. The molecule has 0 fully saturated rings. The van der Waals surface area contributed by atoms with E-state index < -0.39 is 0 Å². The van der Waals surface area contributed by atoms with Crippen molar-refractivity contribution in [2.75, 3.05) is 0 Å². The summed E-state index contributed by atoms with van der Waals surface area (Å²) in [7, 11) is 0. The fourth-order valence-electron chi connectivity index (χ4n) is 3.35. The number of aromatic nitrogens is 5. The molecule has 0 atom stereocenters. The van der Waals surface area contributed by atoms with Crippen molar-refractivity contribution >= 4 is 33.3 Å². The van der Waals surface area contributed by atoms with Gasteiger partial charge in [0.25, 0.3) is 5.56 Å². The number of halogens is 1. The van der Waals surface area contributed by atoms with Crippen molar-refractivity contribution in [2.24, 2.45) is 0 Å². The lowest BCUT2D eigenvalue weighted by Gasteiger charge is -2.19. The monoisotopic (exact) mass is 497 g/mol. The Bertz CT molecular complexity index is 1290. The minimum Gasteiger partial charge on any atom is -0.302 e. The van der Waals surface area contributed by atoms with Gasteiger partial charge in [0.2, 0.25) is 0 Å². The summed E-state index contributed by atoms with van der Waals surface area (Å²) in [5.41, 5.74) is 3.69. The number of pyridine rings is 1. The fourth-order valence-corrected chi connectivity index (χ4v) is 4.58. The van der Waals surface area contributed by atoms with E-state index in [1.807, 2.05) is 12.1 Å². The predicted octanol–water partition coefficient (Wildman–Crippen LogP) is 5.33. The molecule has 8 heteroatoms. The quantitative estimate of drug-likeness (QED) is 0.348. The van der Waals surface area contributed by atoms with Crippen molar-refractivity contribution in [1.29, 1.82) is 0 Å². The van der Waals surface area contributed by atoms with E-state index in [4.69, 9.17) is 0 Å². The van der Waals surface area contributed by atoms with E-state index >= 15 is 0 Å². The van der Waals surface area contributed by atoms with Gasteiger partial charge in [0.05, 0.1) is 5.69 Å². The molecule has 0 unspecified atom stereocenters. The second-order valence-electron chi connectivity index (χ2n) is 8.33. The highest BCUT2D eigenvalue weighted by Gasteiger charge is 2.17. The molecule has 31 heavy (non-hydrogen) atoms. The maximum absolute atomic E-state index is 12.4. The minimum absolute atomic E-state index is 0.0986.